The predicted octanol–water partition coefficient (Wildman–Crippen LogP) is -1.62. The zero-order chi connectivity index (χ0) is 24.4. The highest BCUT2D eigenvalue weighted by atomic mass is 32.2. The van der Waals surface area contributed by atoms with Crippen molar-refractivity contribution in [3.8, 4) is 0 Å². The van der Waals surface area contributed by atoms with Crippen LogP contribution in [0.25, 0.3) is 0 Å². The smallest absolute Gasteiger partial charge is 0.326 e. The molecule has 1 saturated heterocycles. The molecule has 0 spiro atoms. The number of aromatic nitrogens is 2. The number of carboxylic acids is 1. The lowest BCUT2D eigenvalue weighted by molar-refractivity contribution is -0.142. The molecule has 12 nitrogen and oxygen atoms in total. The van der Waals surface area contributed by atoms with Crippen LogP contribution in [0.1, 0.15) is 31.9 Å². The van der Waals surface area contributed by atoms with Crippen LogP contribution in [-0.2, 0) is 25.6 Å². The van der Waals surface area contributed by atoms with E-state index in [0.717, 1.165) is 6.42 Å². The maximum Gasteiger partial charge on any atom is 0.326 e. The highest BCUT2D eigenvalue weighted by molar-refractivity contribution is 7.98. The molecular weight excluding hydrogens is 452 g/mol. The second-order valence-corrected chi connectivity index (χ2v) is 8.88. The van der Waals surface area contributed by atoms with Gasteiger partial charge in [-0.3, -0.25) is 14.4 Å². The Balaban J connectivity index is 2.12. The van der Waals surface area contributed by atoms with Gasteiger partial charge in [-0.1, -0.05) is 0 Å². The molecule has 33 heavy (non-hydrogen) atoms. The van der Waals surface area contributed by atoms with Crippen LogP contribution in [0.4, 0.5) is 0 Å². The summed E-state index contributed by atoms with van der Waals surface area (Å²) in [6, 6.07) is -4.01. The third-order valence-corrected chi connectivity index (χ3v) is 5.92. The standard InChI is InChI=1S/C20H32N6O6S/c1-11(27)16(26-17(28)13-4-3-6-22-13)19(30)25-15(8-12-9-21-10-23-12)18(29)24-14(20(31)32)5-7-33-2/h9-11,13-16,22,27H,3-8H2,1-2H3,(H,21,23)(H,24,29)(H,25,30)(H,26,28)(H,31,32). The first-order chi connectivity index (χ1) is 15.7. The Hall–Kier alpha value is -2.64. The number of carbonyl (C=O) groups is 4. The van der Waals surface area contributed by atoms with Crippen molar-refractivity contribution in [1.82, 2.24) is 31.2 Å². The largest absolute Gasteiger partial charge is 0.480 e. The van der Waals surface area contributed by atoms with Gasteiger partial charge in [-0.15, -0.1) is 0 Å². The van der Waals surface area contributed by atoms with Gasteiger partial charge >= 0.3 is 5.97 Å². The third kappa shape index (κ3) is 8.33. The van der Waals surface area contributed by atoms with Gasteiger partial charge in [0.1, 0.15) is 18.1 Å². The minimum Gasteiger partial charge on any atom is -0.480 e. The van der Waals surface area contributed by atoms with Gasteiger partial charge in [0.05, 0.1) is 18.5 Å². The Kier molecular flexibility index (Phi) is 10.6. The molecule has 184 valence electrons. The molecule has 13 heteroatoms. The summed E-state index contributed by atoms with van der Waals surface area (Å²) in [5.41, 5.74) is 0.541. The molecule has 5 unspecified atom stereocenters. The quantitative estimate of drug-likeness (QED) is 0.173. The first-order valence-electron chi connectivity index (χ1n) is 10.7. The summed E-state index contributed by atoms with van der Waals surface area (Å²) >= 11 is 1.45. The van der Waals surface area contributed by atoms with E-state index in [1.54, 1.807) is 0 Å². The monoisotopic (exact) mass is 484 g/mol. The Morgan fingerprint density at radius 1 is 1.21 bits per heavy atom. The van der Waals surface area contributed by atoms with Crippen molar-refractivity contribution in [2.45, 2.75) is 62.9 Å². The average molecular weight is 485 g/mol. The van der Waals surface area contributed by atoms with Crippen LogP contribution in [0, 0.1) is 0 Å². The van der Waals surface area contributed by atoms with Crippen LogP contribution in [0.2, 0.25) is 0 Å². The molecule has 5 atom stereocenters. The Labute approximate surface area is 196 Å². The Morgan fingerprint density at radius 3 is 2.48 bits per heavy atom. The van der Waals surface area contributed by atoms with E-state index in [1.165, 1.54) is 31.2 Å². The van der Waals surface area contributed by atoms with Gasteiger partial charge in [0.15, 0.2) is 0 Å². The summed E-state index contributed by atoms with van der Waals surface area (Å²) in [5, 5.41) is 30.1. The zero-order valence-electron chi connectivity index (χ0n) is 18.7. The predicted molar refractivity (Wildman–Crippen MR) is 121 cm³/mol. The second kappa shape index (κ2) is 13.2. The number of imidazole rings is 1. The van der Waals surface area contributed by atoms with Gasteiger partial charge in [0.2, 0.25) is 17.7 Å². The molecule has 0 radical (unpaired) electrons. The lowest BCUT2D eigenvalue weighted by atomic mass is 10.1. The van der Waals surface area contributed by atoms with Gasteiger partial charge in [-0.2, -0.15) is 11.8 Å². The third-order valence-electron chi connectivity index (χ3n) is 5.28. The summed E-state index contributed by atoms with van der Waals surface area (Å²) in [6.45, 7) is 2.05. The highest BCUT2D eigenvalue weighted by Crippen LogP contribution is 2.08. The van der Waals surface area contributed by atoms with E-state index in [2.05, 4.69) is 31.2 Å². The molecule has 1 aliphatic rings. The maximum absolute atomic E-state index is 12.9. The molecule has 0 aliphatic carbocycles. The number of carbonyl (C=O) groups excluding carboxylic acids is 3. The van der Waals surface area contributed by atoms with E-state index >= 15 is 0 Å². The van der Waals surface area contributed by atoms with Gasteiger partial charge < -0.3 is 36.5 Å². The summed E-state index contributed by atoms with van der Waals surface area (Å²) in [6.07, 6.45) is 5.18. The fourth-order valence-corrected chi connectivity index (χ4v) is 3.89. The zero-order valence-corrected chi connectivity index (χ0v) is 19.5. The minimum atomic E-state index is -1.29. The number of thioether (sulfide) groups is 1. The van der Waals surface area contributed by atoms with E-state index < -0.39 is 54.0 Å². The number of aliphatic carboxylic acids is 1. The summed E-state index contributed by atoms with van der Waals surface area (Å²) in [4.78, 5) is 56.6. The lowest BCUT2D eigenvalue weighted by Gasteiger charge is -2.26. The first-order valence-corrected chi connectivity index (χ1v) is 12.1. The number of aromatic amines is 1. The molecule has 0 saturated carbocycles. The molecule has 1 aliphatic heterocycles. The summed E-state index contributed by atoms with van der Waals surface area (Å²) < 4.78 is 0. The normalized spacial score (nSPS) is 19.2. The lowest BCUT2D eigenvalue weighted by Crippen LogP contribution is -2.60. The number of rotatable bonds is 13. The topological polar surface area (TPSA) is 186 Å². The van der Waals surface area contributed by atoms with Gasteiger partial charge in [-0.05, 0) is 44.7 Å². The van der Waals surface area contributed by atoms with Crippen molar-refractivity contribution in [3.63, 3.8) is 0 Å². The Morgan fingerprint density at radius 2 is 1.94 bits per heavy atom. The molecule has 7 N–H and O–H groups in total. The van der Waals surface area contributed by atoms with E-state index in [-0.39, 0.29) is 12.8 Å². The molecule has 1 fully saturated rings. The molecule has 2 heterocycles. The fraction of sp³-hybridized carbons (Fsp3) is 0.650. The van der Waals surface area contributed by atoms with E-state index in [9.17, 15) is 29.4 Å². The van der Waals surface area contributed by atoms with Crippen LogP contribution in [0.3, 0.4) is 0 Å². The van der Waals surface area contributed by atoms with Crippen molar-refractivity contribution in [1.29, 1.82) is 0 Å². The molecular formula is C20H32N6O6S. The SMILES string of the molecule is CSCCC(NC(=O)C(Cc1cnc[nH]1)NC(=O)C(NC(=O)C1CCCN1)C(C)O)C(=O)O. The number of aliphatic hydroxyl groups is 1. The minimum absolute atomic E-state index is 0.0110. The van der Waals surface area contributed by atoms with Gasteiger partial charge in [-0.25, -0.2) is 9.78 Å². The van der Waals surface area contributed by atoms with E-state index in [1.807, 2.05) is 6.26 Å². The van der Waals surface area contributed by atoms with Crippen molar-refractivity contribution < 1.29 is 29.4 Å². The molecule has 3 amide bonds. The number of carboxylic acid groups (broad SMARTS) is 1. The van der Waals surface area contributed by atoms with Crippen molar-refractivity contribution >= 4 is 35.5 Å². The second-order valence-electron chi connectivity index (χ2n) is 7.90. The number of hydrogen-bond donors (Lipinski definition) is 7. The number of nitrogens with one attached hydrogen (secondary N) is 5. The molecule has 1 aromatic heterocycles. The molecule has 0 bridgehead atoms. The van der Waals surface area contributed by atoms with Crippen LogP contribution >= 0.6 is 11.8 Å². The summed E-state index contributed by atoms with van der Waals surface area (Å²) in [7, 11) is 0. The van der Waals surface area contributed by atoms with Crippen LogP contribution in [0.15, 0.2) is 12.5 Å². The van der Waals surface area contributed by atoms with Crippen molar-refractivity contribution in [2.75, 3.05) is 18.6 Å². The van der Waals surface area contributed by atoms with Crippen LogP contribution < -0.4 is 21.3 Å². The highest BCUT2D eigenvalue weighted by Gasteiger charge is 2.33. The number of aliphatic hydroxyl groups excluding tert-OH is 1. The van der Waals surface area contributed by atoms with Gasteiger partial charge in [0, 0.05) is 18.3 Å². The Bertz CT molecular complexity index is 799. The van der Waals surface area contributed by atoms with Gasteiger partial charge in [0.25, 0.3) is 0 Å². The van der Waals surface area contributed by atoms with Crippen LogP contribution in [0.5, 0.6) is 0 Å². The number of H-pyrrole nitrogens is 1. The molecule has 1 aromatic rings. The first kappa shape index (κ1) is 26.6. The number of hydrogen-bond acceptors (Lipinski definition) is 8. The van der Waals surface area contributed by atoms with E-state index in [4.69, 9.17) is 0 Å². The van der Waals surface area contributed by atoms with Crippen molar-refractivity contribution in [3.05, 3.63) is 18.2 Å². The van der Waals surface area contributed by atoms with E-state index in [0.29, 0.717) is 24.4 Å². The average Bonchev–Trinajstić information content (AvgIpc) is 3.47. The van der Waals surface area contributed by atoms with Crippen molar-refractivity contribution in [2.24, 2.45) is 0 Å². The van der Waals surface area contributed by atoms with Crippen LogP contribution in [-0.4, -0.2) is 92.7 Å². The number of amides is 3. The molecule has 0 aromatic carbocycles. The number of nitrogens with zero attached hydrogens (tertiary/aromatic N) is 1. The fourth-order valence-electron chi connectivity index (χ4n) is 3.42. The molecule has 2 rings (SSSR count). The summed E-state index contributed by atoms with van der Waals surface area (Å²) in [5.74, 6) is -2.51. The maximum atomic E-state index is 12.9.